The molecule has 0 bridgehead atoms. The van der Waals surface area contributed by atoms with Gasteiger partial charge in [0.1, 0.15) is 5.82 Å². The second-order valence-corrected chi connectivity index (χ2v) is 8.39. The SMILES string of the molecule is Cc1nc(N2CCC(N[C@H](Cn3cccn3)c3ccccc3)CC2)nc2ccc(F)cc12. The molecule has 0 spiro atoms. The lowest BCUT2D eigenvalue weighted by molar-refractivity contribution is 0.338. The van der Waals surface area contributed by atoms with Crippen molar-refractivity contribution in [3.8, 4) is 0 Å². The van der Waals surface area contributed by atoms with Crippen LogP contribution >= 0.6 is 0 Å². The van der Waals surface area contributed by atoms with Gasteiger partial charge in [0.2, 0.25) is 5.95 Å². The van der Waals surface area contributed by atoms with Crippen LogP contribution in [0.25, 0.3) is 10.9 Å². The van der Waals surface area contributed by atoms with E-state index in [2.05, 4.69) is 44.6 Å². The summed E-state index contributed by atoms with van der Waals surface area (Å²) in [5, 5.41) is 9.03. The number of nitrogens with one attached hydrogen (secondary N) is 1. The molecule has 0 aliphatic carbocycles. The van der Waals surface area contributed by atoms with E-state index in [0.29, 0.717) is 6.04 Å². The molecule has 1 N–H and O–H groups in total. The van der Waals surface area contributed by atoms with Crippen molar-refractivity contribution in [1.29, 1.82) is 0 Å². The summed E-state index contributed by atoms with van der Waals surface area (Å²) in [6.07, 6.45) is 5.84. The van der Waals surface area contributed by atoms with E-state index in [1.807, 2.05) is 36.1 Å². The van der Waals surface area contributed by atoms with Crippen molar-refractivity contribution in [2.24, 2.45) is 0 Å². The van der Waals surface area contributed by atoms with Gasteiger partial charge in [-0.05, 0) is 49.6 Å². The molecule has 4 aromatic rings. The van der Waals surface area contributed by atoms with Crippen LogP contribution in [0.3, 0.4) is 0 Å². The third-order valence-corrected chi connectivity index (χ3v) is 6.18. The predicted octanol–water partition coefficient (Wildman–Crippen LogP) is 4.27. The molecule has 2 aromatic heterocycles. The first-order valence-corrected chi connectivity index (χ1v) is 11.1. The molecule has 3 heterocycles. The van der Waals surface area contributed by atoms with Crippen molar-refractivity contribution in [2.75, 3.05) is 18.0 Å². The molecule has 2 aromatic carbocycles. The topological polar surface area (TPSA) is 58.9 Å². The van der Waals surface area contributed by atoms with Gasteiger partial charge in [0.25, 0.3) is 0 Å². The lowest BCUT2D eigenvalue weighted by atomic mass is 10.0. The van der Waals surface area contributed by atoms with Gasteiger partial charge < -0.3 is 10.2 Å². The highest BCUT2D eigenvalue weighted by molar-refractivity contribution is 5.81. The Labute approximate surface area is 187 Å². The zero-order valence-corrected chi connectivity index (χ0v) is 18.2. The molecule has 1 aliphatic rings. The number of hydrogen-bond donors (Lipinski definition) is 1. The second kappa shape index (κ2) is 9.04. The maximum absolute atomic E-state index is 13.6. The molecule has 6 nitrogen and oxygen atoms in total. The molecule has 1 aliphatic heterocycles. The highest BCUT2D eigenvalue weighted by Gasteiger charge is 2.24. The van der Waals surface area contributed by atoms with Crippen molar-refractivity contribution in [2.45, 2.75) is 38.4 Å². The van der Waals surface area contributed by atoms with Gasteiger partial charge in [-0.2, -0.15) is 5.10 Å². The number of aryl methyl sites for hydroxylation is 1. The lowest BCUT2D eigenvalue weighted by Gasteiger charge is -2.35. The van der Waals surface area contributed by atoms with E-state index in [0.717, 1.165) is 55.0 Å². The number of rotatable bonds is 6. The maximum Gasteiger partial charge on any atom is 0.226 e. The first-order chi connectivity index (χ1) is 15.7. The Morgan fingerprint density at radius 3 is 2.62 bits per heavy atom. The molecule has 0 radical (unpaired) electrons. The Balaban J connectivity index is 1.27. The molecule has 5 rings (SSSR count). The summed E-state index contributed by atoms with van der Waals surface area (Å²) in [4.78, 5) is 11.6. The third-order valence-electron chi connectivity index (χ3n) is 6.18. The van der Waals surface area contributed by atoms with Crippen LogP contribution in [0.15, 0.2) is 67.0 Å². The quantitative estimate of drug-likeness (QED) is 0.495. The van der Waals surface area contributed by atoms with Crippen LogP contribution in [0.1, 0.15) is 30.1 Å². The zero-order valence-electron chi connectivity index (χ0n) is 18.2. The van der Waals surface area contributed by atoms with Gasteiger partial charge in [0, 0.05) is 36.9 Å². The Morgan fingerprint density at radius 1 is 1.06 bits per heavy atom. The first kappa shape index (κ1) is 20.6. The Bertz CT molecular complexity index is 1170. The summed E-state index contributed by atoms with van der Waals surface area (Å²) in [5.74, 6) is 0.475. The van der Waals surface area contributed by atoms with E-state index in [1.54, 1.807) is 6.07 Å². The number of fused-ring (bicyclic) bond motifs is 1. The van der Waals surface area contributed by atoms with E-state index in [1.165, 1.54) is 17.7 Å². The molecule has 164 valence electrons. The van der Waals surface area contributed by atoms with Crippen molar-refractivity contribution in [3.63, 3.8) is 0 Å². The van der Waals surface area contributed by atoms with Gasteiger partial charge in [-0.1, -0.05) is 30.3 Å². The summed E-state index contributed by atoms with van der Waals surface area (Å²) in [6, 6.07) is 17.8. The summed E-state index contributed by atoms with van der Waals surface area (Å²) in [5.41, 5.74) is 2.87. The third kappa shape index (κ3) is 4.48. The summed E-state index contributed by atoms with van der Waals surface area (Å²) in [6.45, 7) is 4.47. The average Bonchev–Trinajstić information content (AvgIpc) is 3.33. The highest BCUT2D eigenvalue weighted by Crippen LogP contribution is 2.24. The van der Waals surface area contributed by atoms with Gasteiger partial charge in [-0.15, -0.1) is 0 Å². The Kier molecular flexibility index (Phi) is 5.81. The standard InChI is InChI=1S/C25H27FN6/c1-18-22-16-20(26)8-9-23(22)30-25(28-18)31-14-10-21(11-15-31)29-24(17-32-13-5-12-27-32)19-6-3-2-4-7-19/h2-9,12-13,16,21,24,29H,10-11,14-15,17H2,1H3/t24-/m1/s1. The summed E-state index contributed by atoms with van der Waals surface area (Å²) in [7, 11) is 0. The lowest BCUT2D eigenvalue weighted by Crippen LogP contribution is -2.45. The van der Waals surface area contributed by atoms with Crippen LogP contribution in [-0.2, 0) is 6.54 Å². The molecule has 1 fully saturated rings. The monoisotopic (exact) mass is 430 g/mol. The molecule has 0 saturated carbocycles. The van der Waals surface area contributed by atoms with Crippen LogP contribution < -0.4 is 10.2 Å². The molecular weight excluding hydrogens is 403 g/mol. The van der Waals surface area contributed by atoms with Crippen molar-refractivity contribution >= 4 is 16.9 Å². The van der Waals surface area contributed by atoms with Crippen LogP contribution in [0.2, 0.25) is 0 Å². The molecule has 0 unspecified atom stereocenters. The fourth-order valence-corrected chi connectivity index (χ4v) is 4.45. The molecular formula is C25H27FN6. The van der Waals surface area contributed by atoms with Crippen molar-refractivity contribution < 1.29 is 4.39 Å². The van der Waals surface area contributed by atoms with Gasteiger partial charge in [0.05, 0.1) is 23.8 Å². The number of benzene rings is 2. The molecule has 7 heteroatoms. The Morgan fingerprint density at radius 2 is 1.88 bits per heavy atom. The van der Waals surface area contributed by atoms with Crippen molar-refractivity contribution in [3.05, 3.63) is 84.1 Å². The summed E-state index contributed by atoms with van der Waals surface area (Å²) < 4.78 is 15.6. The molecule has 1 atom stereocenters. The molecule has 0 amide bonds. The normalized spacial score (nSPS) is 15.9. The second-order valence-electron chi connectivity index (χ2n) is 8.39. The van der Waals surface area contributed by atoms with E-state index in [-0.39, 0.29) is 11.9 Å². The minimum absolute atomic E-state index is 0.196. The number of aromatic nitrogens is 4. The fourth-order valence-electron chi connectivity index (χ4n) is 4.45. The number of hydrogen-bond acceptors (Lipinski definition) is 5. The minimum atomic E-state index is -0.257. The largest absolute Gasteiger partial charge is 0.341 e. The van der Waals surface area contributed by atoms with Gasteiger partial charge in [-0.3, -0.25) is 4.68 Å². The van der Waals surface area contributed by atoms with Crippen LogP contribution in [-0.4, -0.2) is 38.9 Å². The van der Waals surface area contributed by atoms with E-state index >= 15 is 0 Å². The number of piperidine rings is 1. The van der Waals surface area contributed by atoms with E-state index < -0.39 is 0 Å². The van der Waals surface area contributed by atoms with Crippen LogP contribution in [0.4, 0.5) is 10.3 Å². The maximum atomic E-state index is 13.6. The minimum Gasteiger partial charge on any atom is -0.341 e. The fraction of sp³-hybridized carbons (Fsp3) is 0.320. The van der Waals surface area contributed by atoms with E-state index in [9.17, 15) is 4.39 Å². The number of anilines is 1. The van der Waals surface area contributed by atoms with Crippen molar-refractivity contribution in [1.82, 2.24) is 25.1 Å². The summed E-state index contributed by atoms with van der Waals surface area (Å²) >= 11 is 0. The molecule has 32 heavy (non-hydrogen) atoms. The first-order valence-electron chi connectivity index (χ1n) is 11.1. The predicted molar refractivity (Wildman–Crippen MR) is 124 cm³/mol. The van der Waals surface area contributed by atoms with Crippen LogP contribution in [0, 0.1) is 12.7 Å². The van der Waals surface area contributed by atoms with Gasteiger partial charge in [-0.25, -0.2) is 14.4 Å². The number of nitrogens with zero attached hydrogens (tertiary/aromatic N) is 5. The number of halogens is 1. The Hall–Kier alpha value is -3.32. The van der Waals surface area contributed by atoms with Gasteiger partial charge >= 0.3 is 0 Å². The zero-order chi connectivity index (χ0) is 21.9. The average molecular weight is 431 g/mol. The highest BCUT2D eigenvalue weighted by atomic mass is 19.1. The smallest absolute Gasteiger partial charge is 0.226 e. The van der Waals surface area contributed by atoms with Gasteiger partial charge in [0.15, 0.2) is 0 Å². The molecule has 1 saturated heterocycles. The van der Waals surface area contributed by atoms with E-state index in [4.69, 9.17) is 4.98 Å². The van der Waals surface area contributed by atoms with Crippen LogP contribution in [0.5, 0.6) is 0 Å².